The minimum atomic E-state index is 0.753. The zero-order valence-corrected chi connectivity index (χ0v) is 8.23. The number of hydrogen-bond acceptors (Lipinski definition) is 2. The molecule has 0 saturated heterocycles. The van der Waals surface area contributed by atoms with Crippen molar-refractivity contribution in [2.24, 2.45) is 0 Å². The first-order chi connectivity index (χ1) is 5.35. The second-order valence-corrected chi connectivity index (χ2v) is 2.85. The molecule has 11 heavy (non-hydrogen) atoms. The molecule has 0 N–H and O–H groups in total. The fraction of sp³-hybridized carbons (Fsp3) is 1.00. The van der Waals surface area contributed by atoms with Crippen LogP contribution in [0.2, 0.25) is 0 Å². The van der Waals surface area contributed by atoms with Gasteiger partial charge in [0.25, 0.3) is 0 Å². The summed E-state index contributed by atoms with van der Waals surface area (Å²) in [5.41, 5.74) is 0. The van der Waals surface area contributed by atoms with Gasteiger partial charge in [-0.25, -0.2) is 0 Å². The highest BCUT2D eigenvalue weighted by atomic mass is 35.5. The van der Waals surface area contributed by atoms with Crippen LogP contribution in [0, 0.1) is 0 Å². The van der Waals surface area contributed by atoms with Gasteiger partial charge in [-0.15, -0.1) is 11.6 Å². The van der Waals surface area contributed by atoms with Gasteiger partial charge in [0.1, 0.15) is 0 Å². The lowest BCUT2D eigenvalue weighted by atomic mass is 10.4. The van der Waals surface area contributed by atoms with E-state index in [1.807, 2.05) is 0 Å². The molecule has 0 aromatic carbocycles. The highest BCUT2D eigenvalue weighted by Crippen LogP contribution is 1.92. The minimum absolute atomic E-state index is 0.753. The number of methoxy groups -OCH3 is 1. The molecule has 0 heterocycles. The molecule has 0 unspecified atom stereocenters. The van der Waals surface area contributed by atoms with Gasteiger partial charge >= 0.3 is 0 Å². The van der Waals surface area contributed by atoms with Gasteiger partial charge in [-0.1, -0.05) is 6.92 Å². The monoisotopic (exact) mass is 179 g/mol. The molecule has 0 saturated carbocycles. The van der Waals surface area contributed by atoms with Crippen molar-refractivity contribution in [3.8, 4) is 0 Å². The molecule has 0 aliphatic rings. The lowest BCUT2D eigenvalue weighted by molar-refractivity contribution is 0.151. The third-order valence-corrected chi connectivity index (χ3v) is 1.93. The van der Waals surface area contributed by atoms with Crippen LogP contribution in [0.1, 0.15) is 13.3 Å². The Morgan fingerprint density at radius 3 is 2.55 bits per heavy atom. The molecule has 0 aromatic rings. The molecule has 2 nitrogen and oxygen atoms in total. The van der Waals surface area contributed by atoms with Crippen molar-refractivity contribution >= 4 is 11.6 Å². The maximum atomic E-state index is 5.58. The second kappa shape index (κ2) is 8.31. The summed E-state index contributed by atoms with van der Waals surface area (Å²) in [5, 5.41) is 0. The molecular formula is C8H18ClNO. The summed E-state index contributed by atoms with van der Waals surface area (Å²) in [5.74, 6) is 0.753. The van der Waals surface area contributed by atoms with Crippen LogP contribution in [-0.2, 0) is 4.74 Å². The van der Waals surface area contributed by atoms with Gasteiger partial charge in [0.05, 0.1) is 6.61 Å². The maximum Gasteiger partial charge on any atom is 0.0589 e. The fourth-order valence-corrected chi connectivity index (χ4v) is 1.05. The fourth-order valence-electron chi connectivity index (χ4n) is 0.932. The van der Waals surface area contributed by atoms with Gasteiger partial charge < -0.3 is 9.64 Å². The number of halogens is 1. The molecule has 0 radical (unpaired) electrons. The highest BCUT2D eigenvalue weighted by Gasteiger charge is 1.99. The zero-order chi connectivity index (χ0) is 8.53. The van der Waals surface area contributed by atoms with Gasteiger partial charge in [0, 0.05) is 19.5 Å². The van der Waals surface area contributed by atoms with Crippen molar-refractivity contribution in [1.82, 2.24) is 4.90 Å². The normalized spacial score (nSPS) is 10.9. The van der Waals surface area contributed by atoms with Crippen LogP contribution in [0.25, 0.3) is 0 Å². The van der Waals surface area contributed by atoms with Crippen molar-refractivity contribution in [2.45, 2.75) is 13.3 Å². The second-order valence-electron chi connectivity index (χ2n) is 2.47. The zero-order valence-electron chi connectivity index (χ0n) is 7.48. The quantitative estimate of drug-likeness (QED) is 0.551. The van der Waals surface area contributed by atoms with Crippen LogP contribution < -0.4 is 0 Å². The van der Waals surface area contributed by atoms with Crippen molar-refractivity contribution < 1.29 is 4.74 Å². The van der Waals surface area contributed by atoms with Crippen LogP contribution in [0.3, 0.4) is 0 Å². The largest absolute Gasteiger partial charge is 0.383 e. The number of nitrogens with zero attached hydrogens (tertiary/aromatic N) is 1. The third kappa shape index (κ3) is 6.60. The van der Waals surface area contributed by atoms with Crippen LogP contribution >= 0.6 is 11.6 Å². The van der Waals surface area contributed by atoms with E-state index in [2.05, 4.69) is 11.8 Å². The van der Waals surface area contributed by atoms with E-state index in [4.69, 9.17) is 16.3 Å². The lowest BCUT2D eigenvalue weighted by Crippen LogP contribution is -2.28. The number of likely N-dealkylation sites (N-methyl/N-ethyl adjacent to an activating group) is 1. The summed E-state index contributed by atoms with van der Waals surface area (Å²) < 4.78 is 4.98. The molecule has 0 bridgehead atoms. The highest BCUT2D eigenvalue weighted by molar-refractivity contribution is 6.17. The van der Waals surface area contributed by atoms with Crippen LogP contribution in [0.5, 0.6) is 0 Å². The van der Waals surface area contributed by atoms with Gasteiger partial charge in [-0.05, 0) is 19.5 Å². The van der Waals surface area contributed by atoms with Gasteiger partial charge in [-0.3, -0.25) is 0 Å². The summed E-state index contributed by atoms with van der Waals surface area (Å²) in [4.78, 5) is 2.34. The first-order valence-corrected chi connectivity index (χ1v) is 4.65. The molecule has 3 heteroatoms. The Morgan fingerprint density at radius 1 is 1.36 bits per heavy atom. The topological polar surface area (TPSA) is 12.5 Å². The summed E-state index contributed by atoms with van der Waals surface area (Å²) in [7, 11) is 1.73. The Bertz CT molecular complexity index is 72.5. The standard InChI is InChI=1S/C8H18ClNO/c1-3-10(6-4-5-9)7-8-11-2/h3-8H2,1-2H3. The Hall–Kier alpha value is 0.210. The molecular weight excluding hydrogens is 162 g/mol. The average Bonchev–Trinajstić information content (AvgIpc) is 2.05. The Labute approximate surface area is 74.5 Å². The van der Waals surface area contributed by atoms with E-state index in [0.717, 1.165) is 38.5 Å². The van der Waals surface area contributed by atoms with E-state index in [-0.39, 0.29) is 0 Å². The Balaban J connectivity index is 3.25. The number of ether oxygens (including phenoxy) is 1. The van der Waals surface area contributed by atoms with Crippen LogP contribution in [0.15, 0.2) is 0 Å². The summed E-state index contributed by atoms with van der Waals surface area (Å²) in [6.07, 6.45) is 1.07. The van der Waals surface area contributed by atoms with Gasteiger partial charge in [-0.2, -0.15) is 0 Å². The molecule has 0 aliphatic carbocycles. The molecule has 0 rings (SSSR count). The van der Waals surface area contributed by atoms with E-state index in [1.165, 1.54) is 0 Å². The van der Waals surface area contributed by atoms with Crippen LogP contribution in [-0.4, -0.2) is 44.1 Å². The maximum absolute atomic E-state index is 5.58. The number of alkyl halides is 1. The molecule has 0 atom stereocenters. The minimum Gasteiger partial charge on any atom is -0.383 e. The summed E-state index contributed by atoms with van der Waals surface area (Å²) in [6, 6.07) is 0. The average molecular weight is 180 g/mol. The summed E-state index contributed by atoms with van der Waals surface area (Å²) in [6.45, 7) is 6.16. The molecule has 68 valence electrons. The van der Waals surface area contributed by atoms with Gasteiger partial charge in [0.2, 0.25) is 0 Å². The van der Waals surface area contributed by atoms with Crippen molar-refractivity contribution in [1.29, 1.82) is 0 Å². The van der Waals surface area contributed by atoms with Gasteiger partial charge in [0.15, 0.2) is 0 Å². The van der Waals surface area contributed by atoms with Crippen LogP contribution in [0.4, 0.5) is 0 Å². The first-order valence-electron chi connectivity index (χ1n) is 4.12. The molecule has 0 spiro atoms. The van der Waals surface area contributed by atoms with E-state index >= 15 is 0 Å². The van der Waals surface area contributed by atoms with E-state index in [0.29, 0.717) is 0 Å². The lowest BCUT2D eigenvalue weighted by Gasteiger charge is -2.18. The predicted molar refractivity (Wildman–Crippen MR) is 49.3 cm³/mol. The molecule has 0 amide bonds. The van der Waals surface area contributed by atoms with Crippen molar-refractivity contribution in [3.05, 3.63) is 0 Å². The molecule has 0 aromatic heterocycles. The SMILES string of the molecule is CCN(CCCCl)CCOC. The Kier molecular flexibility index (Phi) is 8.47. The van der Waals surface area contributed by atoms with E-state index in [9.17, 15) is 0 Å². The van der Waals surface area contributed by atoms with Crippen molar-refractivity contribution in [3.63, 3.8) is 0 Å². The van der Waals surface area contributed by atoms with E-state index in [1.54, 1.807) is 7.11 Å². The third-order valence-electron chi connectivity index (χ3n) is 1.67. The number of hydrogen-bond donors (Lipinski definition) is 0. The first kappa shape index (κ1) is 11.2. The van der Waals surface area contributed by atoms with Crippen molar-refractivity contribution in [2.75, 3.05) is 39.2 Å². The molecule has 0 fully saturated rings. The van der Waals surface area contributed by atoms with E-state index < -0.39 is 0 Å². The predicted octanol–water partition coefficient (Wildman–Crippen LogP) is 1.58. The Morgan fingerprint density at radius 2 is 2.09 bits per heavy atom. The number of rotatable bonds is 7. The smallest absolute Gasteiger partial charge is 0.0589 e. The molecule has 0 aliphatic heterocycles. The summed E-state index contributed by atoms with van der Waals surface area (Å²) >= 11 is 5.58.